The first-order valence-electron chi connectivity index (χ1n) is 9.42. The van der Waals surface area contributed by atoms with Crippen LogP contribution in [0.2, 0.25) is 0 Å². The van der Waals surface area contributed by atoms with Crippen molar-refractivity contribution >= 4 is 21.9 Å². The second-order valence-electron chi connectivity index (χ2n) is 7.19. The summed E-state index contributed by atoms with van der Waals surface area (Å²) in [5.41, 5.74) is 1.68. The highest BCUT2D eigenvalue weighted by Gasteiger charge is 2.36. The molecule has 2 aromatic rings. The summed E-state index contributed by atoms with van der Waals surface area (Å²) >= 11 is 0. The number of amides is 1. The zero-order chi connectivity index (χ0) is 21.0. The Labute approximate surface area is 170 Å². The maximum absolute atomic E-state index is 13.1. The normalized spacial score (nSPS) is 17.8. The van der Waals surface area contributed by atoms with Crippen LogP contribution in [0.5, 0.6) is 0 Å². The number of carbonyl (C=O) groups excluding carboxylic acids is 2. The molecule has 2 atom stereocenters. The van der Waals surface area contributed by atoms with Gasteiger partial charge in [0.05, 0.1) is 16.9 Å². The molecule has 0 saturated carbocycles. The third-order valence-electron chi connectivity index (χ3n) is 5.02. The van der Waals surface area contributed by atoms with Gasteiger partial charge in [0.25, 0.3) is 0 Å². The molecule has 3 rings (SSSR count). The van der Waals surface area contributed by atoms with Crippen LogP contribution in [0.1, 0.15) is 24.0 Å². The van der Waals surface area contributed by atoms with E-state index in [2.05, 4.69) is 4.72 Å². The van der Waals surface area contributed by atoms with Gasteiger partial charge in [-0.25, -0.2) is 8.42 Å². The zero-order valence-electron chi connectivity index (χ0n) is 16.1. The van der Waals surface area contributed by atoms with Crippen molar-refractivity contribution in [2.24, 2.45) is 0 Å². The zero-order valence-corrected chi connectivity index (χ0v) is 16.9. The van der Waals surface area contributed by atoms with Crippen molar-refractivity contribution in [2.75, 3.05) is 6.54 Å². The Bertz CT molecular complexity index is 974. The SMILES string of the molecule is Cc1ccc(S(=O)(=O)N[C@@H](Cc2ccccc2)C(=O)N2CCC[C@@H]2C(=O)[O-])cc1. The number of hydrogen-bond donors (Lipinski definition) is 1. The number of carbonyl (C=O) groups is 2. The number of likely N-dealkylation sites (tertiary alicyclic amines) is 1. The highest BCUT2D eigenvalue weighted by molar-refractivity contribution is 7.89. The minimum atomic E-state index is -3.97. The first kappa shape index (κ1) is 21.0. The van der Waals surface area contributed by atoms with Crippen molar-refractivity contribution in [3.05, 3.63) is 65.7 Å². The first-order chi connectivity index (χ1) is 13.8. The smallest absolute Gasteiger partial charge is 0.241 e. The highest BCUT2D eigenvalue weighted by Crippen LogP contribution is 2.20. The largest absolute Gasteiger partial charge is 0.548 e. The van der Waals surface area contributed by atoms with E-state index in [4.69, 9.17) is 0 Å². The molecule has 8 heteroatoms. The molecule has 0 aliphatic carbocycles. The predicted molar refractivity (Wildman–Crippen MR) is 105 cm³/mol. The van der Waals surface area contributed by atoms with Crippen LogP contribution >= 0.6 is 0 Å². The van der Waals surface area contributed by atoms with Gasteiger partial charge in [-0.1, -0.05) is 48.0 Å². The molecule has 7 nitrogen and oxygen atoms in total. The molecule has 1 aliphatic heterocycles. The number of nitrogens with one attached hydrogen (secondary N) is 1. The van der Waals surface area contributed by atoms with E-state index in [-0.39, 0.29) is 17.9 Å². The van der Waals surface area contributed by atoms with Crippen LogP contribution in [0.3, 0.4) is 0 Å². The van der Waals surface area contributed by atoms with Gasteiger partial charge < -0.3 is 14.8 Å². The number of sulfonamides is 1. The summed E-state index contributed by atoms with van der Waals surface area (Å²) in [6.45, 7) is 2.11. The van der Waals surface area contributed by atoms with Crippen LogP contribution in [-0.2, 0) is 26.0 Å². The number of hydrogen-bond acceptors (Lipinski definition) is 5. The van der Waals surface area contributed by atoms with E-state index in [1.165, 1.54) is 17.0 Å². The minimum Gasteiger partial charge on any atom is -0.548 e. The van der Waals surface area contributed by atoms with Crippen molar-refractivity contribution in [1.82, 2.24) is 9.62 Å². The monoisotopic (exact) mass is 415 g/mol. The van der Waals surface area contributed by atoms with Gasteiger partial charge in [-0.3, -0.25) is 4.79 Å². The lowest BCUT2D eigenvalue weighted by molar-refractivity contribution is -0.310. The molecule has 1 saturated heterocycles. The maximum atomic E-state index is 13.1. The Morgan fingerprint density at radius 1 is 1.14 bits per heavy atom. The molecule has 1 fully saturated rings. The summed E-state index contributed by atoms with van der Waals surface area (Å²) in [7, 11) is -3.97. The molecule has 0 spiro atoms. The van der Waals surface area contributed by atoms with Gasteiger partial charge in [0.1, 0.15) is 6.04 Å². The van der Waals surface area contributed by atoms with Gasteiger partial charge in [-0.15, -0.1) is 0 Å². The van der Waals surface area contributed by atoms with E-state index in [9.17, 15) is 23.1 Å². The molecule has 29 heavy (non-hydrogen) atoms. The molecule has 0 bridgehead atoms. The lowest BCUT2D eigenvalue weighted by atomic mass is 10.1. The quantitative estimate of drug-likeness (QED) is 0.714. The summed E-state index contributed by atoms with van der Waals surface area (Å²) in [6, 6.07) is 13.1. The van der Waals surface area contributed by atoms with Crippen molar-refractivity contribution in [2.45, 2.75) is 43.2 Å². The van der Waals surface area contributed by atoms with E-state index in [1.807, 2.05) is 13.0 Å². The van der Waals surface area contributed by atoms with E-state index in [1.54, 1.807) is 36.4 Å². The number of rotatable bonds is 7. The summed E-state index contributed by atoms with van der Waals surface area (Å²) < 4.78 is 28.2. The third-order valence-corrected chi connectivity index (χ3v) is 6.50. The first-order valence-corrected chi connectivity index (χ1v) is 10.9. The molecular weight excluding hydrogens is 392 g/mol. The van der Waals surface area contributed by atoms with Gasteiger partial charge >= 0.3 is 0 Å². The van der Waals surface area contributed by atoms with Crippen LogP contribution in [0.15, 0.2) is 59.5 Å². The van der Waals surface area contributed by atoms with E-state index >= 15 is 0 Å². The van der Waals surface area contributed by atoms with Crippen molar-refractivity contribution in [3.63, 3.8) is 0 Å². The fourth-order valence-electron chi connectivity index (χ4n) is 3.48. The summed E-state index contributed by atoms with van der Waals surface area (Å²) in [6.07, 6.45) is 0.949. The number of benzene rings is 2. The second-order valence-corrected chi connectivity index (χ2v) is 8.90. The highest BCUT2D eigenvalue weighted by atomic mass is 32.2. The van der Waals surface area contributed by atoms with Gasteiger partial charge in [0.15, 0.2) is 0 Å². The summed E-state index contributed by atoms with van der Waals surface area (Å²) in [5, 5.41) is 11.4. The standard InChI is InChI=1S/C21H24N2O5S/c1-15-9-11-17(12-10-15)29(27,28)22-18(14-16-6-3-2-4-7-16)20(24)23-13-5-8-19(23)21(25)26/h2-4,6-7,9-12,18-19,22H,5,8,13-14H2,1H3,(H,25,26)/p-1/t18-,19+/m0/s1. The summed E-state index contributed by atoms with van der Waals surface area (Å²) in [4.78, 5) is 25.8. The van der Waals surface area contributed by atoms with Crippen molar-refractivity contribution in [1.29, 1.82) is 0 Å². The summed E-state index contributed by atoms with van der Waals surface area (Å²) in [5.74, 6) is -1.88. The molecule has 1 aliphatic rings. The van der Waals surface area contributed by atoms with Gasteiger partial charge in [0, 0.05) is 6.54 Å². The molecule has 154 valence electrons. The lowest BCUT2D eigenvalue weighted by Gasteiger charge is -2.29. The van der Waals surface area contributed by atoms with Gasteiger partial charge in [0.2, 0.25) is 15.9 Å². The van der Waals surface area contributed by atoms with Crippen molar-refractivity contribution in [3.8, 4) is 0 Å². The molecule has 1 heterocycles. The second kappa shape index (κ2) is 8.75. The topological polar surface area (TPSA) is 107 Å². The van der Waals surface area contributed by atoms with Crippen LogP contribution in [0, 0.1) is 6.92 Å². The van der Waals surface area contributed by atoms with Crippen LogP contribution in [-0.4, -0.2) is 43.8 Å². The number of aryl methyl sites for hydroxylation is 1. The average Bonchev–Trinajstić information content (AvgIpc) is 3.18. The fraction of sp³-hybridized carbons (Fsp3) is 0.333. The number of aliphatic carboxylic acids is 1. The third kappa shape index (κ3) is 5.02. The molecule has 2 aromatic carbocycles. The number of carboxylic acid groups (broad SMARTS) is 1. The fourth-order valence-corrected chi connectivity index (χ4v) is 4.67. The molecule has 0 aromatic heterocycles. The van der Waals surface area contributed by atoms with Crippen LogP contribution in [0.25, 0.3) is 0 Å². The Kier molecular flexibility index (Phi) is 6.34. The van der Waals surface area contributed by atoms with Gasteiger partial charge in [-0.05, 0) is 43.9 Å². The molecule has 0 unspecified atom stereocenters. The maximum Gasteiger partial charge on any atom is 0.241 e. The Hall–Kier alpha value is -2.71. The predicted octanol–water partition coefficient (Wildman–Crippen LogP) is 0.626. The van der Waals surface area contributed by atoms with Crippen LogP contribution in [0.4, 0.5) is 0 Å². The lowest BCUT2D eigenvalue weighted by Crippen LogP contribution is -2.54. The van der Waals surface area contributed by atoms with Gasteiger partial charge in [-0.2, -0.15) is 4.72 Å². The number of carboxylic acids is 1. The molecule has 1 amide bonds. The van der Waals surface area contributed by atoms with Crippen LogP contribution < -0.4 is 9.83 Å². The Morgan fingerprint density at radius 2 is 1.79 bits per heavy atom. The van der Waals surface area contributed by atoms with E-state index in [0.29, 0.717) is 12.8 Å². The average molecular weight is 415 g/mol. The number of nitrogens with zero attached hydrogens (tertiary/aromatic N) is 1. The molecular formula is C21H23N2O5S-. The Morgan fingerprint density at radius 3 is 2.41 bits per heavy atom. The van der Waals surface area contributed by atoms with Crippen molar-refractivity contribution < 1.29 is 23.1 Å². The van der Waals surface area contributed by atoms with E-state index in [0.717, 1.165) is 11.1 Å². The molecule has 0 radical (unpaired) electrons. The molecule has 1 N–H and O–H groups in total. The minimum absolute atomic E-state index is 0.0480. The Balaban J connectivity index is 1.89. The van der Waals surface area contributed by atoms with E-state index < -0.39 is 34.0 Å².